The molecule has 0 saturated carbocycles. The summed E-state index contributed by atoms with van der Waals surface area (Å²) < 4.78 is 1.13. The number of aromatic nitrogens is 1. The van der Waals surface area contributed by atoms with Gasteiger partial charge in [0.1, 0.15) is 4.88 Å². The highest BCUT2D eigenvalue weighted by molar-refractivity contribution is 7.21. The van der Waals surface area contributed by atoms with Crippen molar-refractivity contribution in [2.45, 2.75) is 40.2 Å². The smallest absolute Gasteiger partial charge is 0.263 e. The molecule has 0 aliphatic carbocycles. The molecule has 1 unspecified atom stereocenters. The van der Waals surface area contributed by atoms with Crippen LogP contribution < -0.4 is 10.6 Å². The normalized spacial score (nSPS) is 16.7. The van der Waals surface area contributed by atoms with Crippen LogP contribution in [0.4, 0.5) is 5.69 Å². The molecule has 0 fully saturated rings. The van der Waals surface area contributed by atoms with Gasteiger partial charge in [-0.3, -0.25) is 9.78 Å². The lowest BCUT2D eigenvalue weighted by atomic mass is 10.1. The molecule has 2 N–H and O–H groups in total. The molecule has 3 aromatic rings. The first-order valence-corrected chi connectivity index (χ1v) is 9.36. The molecule has 1 aliphatic heterocycles. The molecule has 2 aromatic heterocycles. The van der Waals surface area contributed by atoms with Crippen LogP contribution >= 0.6 is 11.3 Å². The molecule has 0 bridgehead atoms. The first-order chi connectivity index (χ1) is 11.7. The number of aryl methyl sites for hydroxylation is 1. The molecule has 1 atom stereocenters. The average molecular weight is 341 g/mol. The van der Waals surface area contributed by atoms with Gasteiger partial charge in [-0.1, -0.05) is 26.8 Å². The van der Waals surface area contributed by atoms with Crippen molar-refractivity contribution in [3.05, 3.63) is 34.8 Å². The number of hydrogen-bond donors (Lipinski definition) is 2. The Labute approximate surface area is 146 Å². The second-order valence-electron chi connectivity index (χ2n) is 5.72. The molecule has 1 amide bonds. The number of anilines is 1. The van der Waals surface area contributed by atoms with Gasteiger partial charge in [0.2, 0.25) is 0 Å². The molecule has 0 spiro atoms. The lowest BCUT2D eigenvalue weighted by molar-refractivity contribution is 0.0945. The Bertz CT molecular complexity index is 900. The van der Waals surface area contributed by atoms with Crippen LogP contribution in [0.15, 0.2) is 24.3 Å². The minimum Gasteiger partial charge on any atom is -0.381 e. The maximum absolute atomic E-state index is 12.5. The summed E-state index contributed by atoms with van der Waals surface area (Å²) in [4.78, 5) is 17.9. The van der Waals surface area contributed by atoms with Crippen LogP contribution in [0.25, 0.3) is 21.0 Å². The highest BCUT2D eigenvalue weighted by Crippen LogP contribution is 2.40. The van der Waals surface area contributed by atoms with Gasteiger partial charge in [0.05, 0.1) is 11.2 Å². The SMILES string of the molecule is CC.CCC1CNc2c(sc3ccc4nc(C)ccc4c23)C(=O)N1. The van der Waals surface area contributed by atoms with E-state index in [1.807, 2.05) is 32.9 Å². The summed E-state index contributed by atoms with van der Waals surface area (Å²) in [6.45, 7) is 8.85. The van der Waals surface area contributed by atoms with Gasteiger partial charge in [-0.25, -0.2) is 0 Å². The number of nitrogens with zero attached hydrogens (tertiary/aromatic N) is 1. The predicted molar refractivity (Wildman–Crippen MR) is 103 cm³/mol. The third-order valence-corrected chi connectivity index (χ3v) is 5.37. The lowest BCUT2D eigenvalue weighted by Gasteiger charge is -2.13. The van der Waals surface area contributed by atoms with E-state index in [0.29, 0.717) is 0 Å². The summed E-state index contributed by atoms with van der Waals surface area (Å²) in [5.74, 6) is 0.0290. The summed E-state index contributed by atoms with van der Waals surface area (Å²) in [5, 5.41) is 8.81. The predicted octanol–water partition coefficient (Wildman–Crippen LogP) is 4.72. The molecule has 24 heavy (non-hydrogen) atoms. The van der Waals surface area contributed by atoms with Crippen molar-refractivity contribution in [1.82, 2.24) is 10.3 Å². The van der Waals surface area contributed by atoms with Crippen LogP contribution in [-0.2, 0) is 0 Å². The number of pyridine rings is 1. The first-order valence-electron chi connectivity index (χ1n) is 8.55. The number of hydrogen-bond acceptors (Lipinski definition) is 4. The van der Waals surface area contributed by atoms with Crippen LogP contribution in [0.1, 0.15) is 42.6 Å². The third-order valence-electron chi connectivity index (χ3n) is 4.22. The van der Waals surface area contributed by atoms with Gasteiger partial charge < -0.3 is 10.6 Å². The van der Waals surface area contributed by atoms with Crippen LogP contribution in [0.5, 0.6) is 0 Å². The molecule has 4 rings (SSSR count). The maximum Gasteiger partial charge on any atom is 0.263 e. The van der Waals surface area contributed by atoms with E-state index in [1.165, 1.54) is 0 Å². The minimum absolute atomic E-state index is 0.0290. The number of fused-ring (bicyclic) bond motifs is 5. The second-order valence-corrected chi connectivity index (χ2v) is 6.78. The number of amides is 1. The van der Waals surface area contributed by atoms with E-state index in [4.69, 9.17) is 0 Å². The van der Waals surface area contributed by atoms with Crippen LogP contribution in [-0.4, -0.2) is 23.5 Å². The van der Waals surface area contributed by atoms with E-state index in [-0.39, 0.29) is 11.9 Å². The minimum atomic E-state index is 0.0290. The fraction of sp³-hybridized carbons (Fsp3) is 0.368. The standard InChI is InChI=1S/C17H17N3OS.C2H6/c1-3-10-8-18-15-14-11-5-4-9(2)19-12(11)6-7-13(14)22-16(15)17(21)20-10;1-2/h4-7,10,18H,3,8H2,1-2H3,(H,20,21);1-2H3. The molecule has 126 valence electrons. The van der Waals surface area contributed by atoms with Gasteiger partial charge in [0.15, 0.2) is 0 Å². The maximum atomic E-state index is 12.5. The van der Waals surface area contributed by atoms with Gasteiger partial charge >= 0.3 is 0 Å². The van der Waals surface area contributed by atoms with Crippen molar-refractivity contribution in [2.24, 2.45) is 0 Å². The summed E-state index contributed by atoms with van der Waals surface area (Å²) in [6.07, 6.45) is 0.924. The van der Waals surface area contributed by atoms with Crippen molar-refractivity contribution in [3.8, 4) is 0 Å². The van der Waals surface area contributed by atoms with Crippen molar-refractivity contribution in [3.63, 3.8) is 0 Å². The van der Waals surface area contributed by atoms with Crippen LogP contribution in [0.2, 0.25) is 0 Å². The highest BCUT2D eigenvalue weighted by atomic mass is 32.1. The molecule has 3 heterocycles. The number of benzene rings is 1. The van der Waals surface area contributed by atoms with Gasteiger partial charge in [0.25, 0.3) is 5.91 Å². The number of rotatable bonds is 1. The number of thiophene rings is 1. The fourth-order valence-electron chi connectivity index (χ4n) is 3.01. The summed E-state index contributed by atoms with van der Waals surface area (Å²) in [6, 6.07) is 8.41. The van der Waals surface area contributed by atoms with E-state index in [2.05, 4.69) is 34.7 Å². The lowest BCUT2D eigenvalue weighted by Crippen LogP contribution is -2.36. The quantitative estimate of drug-likeness (QED) is 0.673. The number of carbonyl (C=O) groups excluding carboxylic acids is 1. The Morgan fingerprint density at radius 2 is 2.04 bits per heavy atom. The molecule has 5 heteroatoms. The Hall–Kier alpha value is -2.14. The molecule has 1 aromatic carbocycles. The highest BCUT2D eigenvalue weighted by Gasteiger charge is 2.25. The molecule has 1 aliphatic rings. The fourth-order valence-corrected chi connectivity index (χ4v) is 4.10. The van der Waals surface area contributed by atoms with Crippen molar-refractivity contribution in [2.75, 3.05) is 11.9 Å². The monoisotopic (exact) mass is 341 g/mol. The molecule has 0 saturated heterocycles. The summed E-state index contributed by atoms with van der Waals surface area (Å²) in [7, 11) is 0. The van der Waals surface area contributed by atoms with Gasteiger partial charge in [-0.05, 0) is 31.5 Å². The summed E-state index contributed by atoms with van der Waals surface area (Å²) >= 11 is 1.55. The number of nitrogens with one attached hydrogen (secondary N) is 2. The van der Waals surface area contributed by atoms with Crippen molar-refractivity contribution < 1.29 is 4.79 Å². The van der Waals surface area contributed by atoms with Crippen molar-refractivity contribution >= 4 is 43.9 Å². The van der Waals surface area contributed by atoms with E-state index in [0.717, 1.165) is 50.2 Å². The van der Waals surface area contributed by atoms with Gasteiger partial charge in [-0.2, -0.15) is 0 Å². The molecule has 0 radical (unpaired) electrons. The average Bonchev–Trinajstić information content (AvgIpc) is 2.91. The largest absolute Gasteiger partial charge is 0.381 e. The van der Waals surface area contributed by atoms with Crippen molar-refractivity contribution in [1.29, 1.82) is 0 Å². The van der Waals surface area contributed by atoms with Gasteiger partial charge in [-0.15, -0.1) is 11.3 Å². The van der Waals surface area contributed by atoms with E-state index in [9.17, 15) is 4.79 Å². The van der Waals surface area contributed by atoms with E-state index >= 15 is 0 Å². The van der Waals surface area contributed by atoms with Crippen LogP contribution in [0.3, 0.4) is 0 Å². The second kappa shape index (κ2) is 6.77. The zero-order chi connectivity index (χ0) is 17.3. The Kier molecular flexibility index (Phi) is 4.71. The third kappa shape index (κ3) is 2.73. The van der Waals surface area contributed by atoms with Crippen LogP contribution in [0, 0.1) is 6.92 Å². The van der Waals surface area contributed by atoms with E-state index in [1.54, 1.807) is 11.3 Å². The Balaban J connectivity index is 0.000000815. The Morgan fingerprint density at radius 1 is 1.25 bits per heavy atom. The molecular weight excluding hydrogens is 318 g/mol. The van der Waals surface area contributed by atoms with Gasteiger partial charge in [0, 0.05) is 33.8 Å². The summed E-state index contributed by atoms with van der Waals surface area (Å²) in [5.41, 5.74) is 2.95. The molecular formula is C19H23N3OS. The number of carbonyl (C=O) groups is 1. The molecule has 4 nitrogen and oxygen atoms in total. The Morgan fingerprint density at radius 3 is 2.79 bits per heavy atom. The zero-order valence-corrected chi connectivity index (χ0v) is 15.4. The topological polar surface area (TPSA) is 54.0 Å². The zero-order valence-electron chi connectivity index (χ0n) is 14.6. The van der Waals surface area contributed by atoms with E-state index < -0.39 is 0 Å². The first kappa shape index (κ1) is 16.7.